The number of nitrogens with zero attached hydrogens (tertiary/aromatic N) is 1. The van der Waals surface area contributed by atoms with Gasteiger partial charge in [0.05, 0.1) is 4.90 Å². The van der Waals surface area contributed by atoms with E-state index >= 15 is 0 Å². The number of nitrogens with one attached hydrogen (secondary N) is 1. The minimum atomic E-state index is -3.61. The molecular weight excluding hydrogens is 274 g/mol. The normalized spacial score (nSPS) is 11.3. The Hall–Kier alpha value is -1.92. The third kappa shape index (κ3) is 4.04. The second-order valence-electron chi connectivity index (χ2n) is 4.59. The van der Waals surface area contributed by atoms with Crippen LogP contribution >= 0.6 is 0 Å². The molecule has 0 aliphatic carbocycles. The van der Waals surface area contributed by atoms with Gasteiger partial charge in [0, 0.05) is 12.7 Å². The lowest BCUT2D eigenvalue weighted by molar-refractivity contribution is 0.598. The molecule has 3 N–H and O–H groups in total. The van der Waals surface area contributed by atoms with Gasteiger partial charge in [-0.2, -0.15) is 0 Å². The van der Waals surface area contributed by atoms with Crippen LogP contribution in [0.2, 0.25) is 0 Å². The molecule has 0 spiro atoms. The maximum Gasteiger partial charge on any atom is 0.238 e. The number of aryl methyl sites for hydroxylation is 1. The largest absolute Gasteiger partial charge is 0.370 e. The van der Waals surface area contributed by atoms with Gasteiger partial charge in [0.25, 0.3) is 0 Å². The highest BCUT2D eigenvalue weighted by Crippen LogP contribution is 2.10. The highest BCUT2D eigenvalue weighted by atomic mass is 32.2. The Morgan fingerprint density at radius 3 is 2.40 bits per heavy atom. The van der Waals surface area contributed by atoms with Crippen LogP contribution in [0, 0.1) is 6.92 Å². The molecule has 20 heavy (non-hydrogen) atoms. The number of rotatable bonds is 5. The molecule has 5 nitrogen and oxygen atoms in total. The SMILES string of the molecule is Cc1ccc(NCCc2ccc(S(N)(=O)=O)cc2)nc1. The van der Waals surface area contributed by atoms with Crippen LogP contribution in [0.15, 0.2) is 47.5 Å². The van der Waals surface area contributed by atoms with Crippen LogP contribution in [0.4, 0.5) is 5.82 Å². The van der Waals surface area contributed by atoms with Gasteiger partial charge in [0.1, 0.15) is 5.82 Å². The first-order chi connectivity index (χ1) is 9.45. The summed E-state index contributed by atoms with van der Waals surface area (Å²) in [5.41, 5.74) is 2.16. The van der Waals surface area contributed by atoms with E-state index in [9.17, 15) is 8.42 Å². The van der Waals surface area contributed by atoms with Crippen molar-refractivity contribution in [2.45, 2.75) is 18.2 Å². The van der Waals surface area contributed by atoms with Crippen LogP contribution in [0.5, 0.6) is 0 Å². The second kappa shape index (κ2) is 6.02. The Morgan fingerprint density at radius 2 is 1.85 bits per heavy atom. The second-order valence-corrected chi connectivity index (χ2v) is 6.15. The molecule has 0 amide bonds. The maximum atomic E-state index is 11.1. The van der Waals surface area contributed by atoms with Crippen LogP contribution in [0.3, 0.4) is 0 Å². The van der Waals surface area contributed by atoms with E-state index in [4.69, 9.17) is 5.14 Å². The van der Waals surface area contributed by atoms with Gasteiger partial charge in [-0.25, -0.2) is 18.5 Å². The van der Waals surface area contributed by atoms with Crippen LogP contribution in [-0.2, 0) is 16.4 Å². The highest BCUT2D eigenvalue weighted by molar-refractivity contribution is 7.89. The zero-order chi connectivity index (χ0) is 14.6. The van der Waals surface area contributed by atoms with Gasteiger partial charge < -0.3 is 5.32 Å². The lowest BCUT2D eigenvalue weighted by atomic mass is 10.1. The van der Waals surface area contributed by atoms with E-state index in [1.165, 1.54) is 12.1 Å². The van der Waals surface area contributed by atoms with Gasteiger partial charge in [-0.05, 0) is 42.7 Å². The summed E-state index contributed by atoms with van der Waals surface area (Å²) in [6.07, 6.45) is 2.59. The fraction of sp³-hybridized carbons (Fsp3) is 0.214. The monoisotopic (exact) mass is 291 g/mol. The average molecular weight is 291 g/mol. The summed E-state index contributed by atoms with van der Waals surface area (Å²) in [6, 6.07) is 10.5. The number of sulfonamides is 1. The smallest absolute Gasteiger partial charge is 0.238 e. The highest BCUT2D eigenvalue weighted by Gasteiger charge is 2.06. The Morgan fingerprint density at radius 1 is 1.15 bits per heavy atom. The van der Waals surface area contributed by atoms with Crippen molar-refractivity contribution >= 4 is 15.8 Å². The van der Waals surface area contributed by atoms with E-state index < -0.39 is 10.0 Å². The molecule has 0 saturated heterocycles. The van der Waals surface area contributed by atoms with Crippen molar-refractivity contribution in [2.75, 3.05) is 11.9 Å². The van der Waals surface area contributed by atoms with Crippen molar-refractivity contribution in [3.05, 3.63) is 53.7 Å². The van der Waals surface area contributed by atoms with Crippen molar-refractivity contribution in [2.24, 2.45) is 5.14 Å². The van der Waals surface area contributed by atoms with E-state index in [-0.39, 0.29) is 4.90 Å². The Bertz CT molecular complexity index is 665. The molecule has 0 saturated carbocycles. The summed E-state index contributed by atoms with van der Waals surface area (Å²) in [6.45, 7) is 2.72. The first-order valence-corrected chi connectivity index (χ1v) is 7.78. The average Bonchev–Trinajstić information content (AvgIpc) is 2.41. The van der Waals surface area contributed by atoms with Crippen LogP contribution in [-0.4, -0.2) is 19.9 Å². The summed E-state index contributed by atoms with van der Waals surface area (Å²) >= 11 is 0. The first kappa shape index (κ1) is 14.5. The Kier molecular flexibility index (Phi) is 4.36. The lowest BCUT2D eigenvalue weighted by Gasteiger charge is -2.06. The summed E-state index contributed by atoms with van der Waals surface area (Å²) in [7, 11) is -3.61. The summed E-state index contributed by atoms with van der Waals surface area (Å²) in [5, 5.41) is 8.26. The molecular formula is C14H17N3O2S. The van der Waals surface area contributed by atoms with E-state index in [2.05, 4.69) is 10.3 Å². The standard InChI is InChI=1S/C14H17N3O2S/c1-11-2-7-14(17-10-11)16-9-8-12-3-5-13(6-4-12)20(15,18)19/h2-7,10H,8-9H2,1H3,(H,16,17)(H2,15,18,19). The van der Waals surface area contributed by atoms with Gasteiger partial charge >= 0.3 is 0 Å². The topological polar surface area (TPSA) is 85.1 Å². The lowest BCUT2D eigenvalue weighted by Crippen LogP contribution is -2.12. The van der Waals surface area contributed by atoms with Gasteiger partial charge in [0.2, 0.25) is 10.0 Å². The zero-order valence-corrected chi connectivity index (χ0v) is 12.0. The number of hydrogen-bond acceptors (Lipinski definition) is 4. The van der Waals surface area contributed by atoms with E-state index in [1.54, 1.807) is 12.1 Å². The predicted octanol–water partition coefficient (Wildman–Crippen LogP) is 1.69. The van der Waals surface area contributed by atoms with Crippen molar-refractivity contribution in [3.63, 3.8) is 0 Å². The summed E-state index contributed by atoms with van der Waals surface area (Å²) in [4.78, 5) is 4.38. The molecule has 106 valence electrons. The molecule has 1 heterocycles. The number of anilines is 1. The summed E-state index contributed by atoms with van der Waals surface area (Å²) in [5.74, 6) is 0.830. The molecule has 0 bridgehead atoms. The van der Waals surface area contributed by atoms with E-state index in [1.807, 2.05) is 25.3 Å². The molecule has 1 aromatic heterocycles. The molecule has 0 aliphatic heterocycles. The molecule has 0 atom stereocenters. The molecule has 6 heteroatoms. The van der Waals surface area contributed by atoms with Crippen LogP contribution < -0.4 is 10.5 Å². The maximum absolute atomic E-state index is 11.1. The number of benzene rings is 1. The van der Waals surface area contributed by atoms with E-state index in [0.717, 1.165) is 29.9 Å². The van der Waals surface area contributed by atoms with Crippen molar-refractivity contribution in [3.8, 4) is 0 Å². The van der Waals surface area contributed by atoms with Crippen LogP contribution in [0.25, 0.3) is 0 Å². The quantitative estimate of drug-likeness (QED) is 0.878. The van der Waals surface area contributed by atoms with Gasteiger partial charge in [-0.1, -0.05) is 18.2 Å². The number of primary sulfonamides is 1. The molecule has 1 aromatic carbocycles. The first-order valence-electron chi connectivity index (χ1n) is 6.23. The molecule has 0 aliphatic rings. The number of pyridine rings is 1. The Balaban J connectivity index is 1.90. The van der Waals surface area contributed by atoms with Gasteiger partial charge in [0.15, 0.2) is 0 Å². The zero-order valence-electron chi connectivity index (χ0n) is 11.2. The fourth-order valence-electron chi connectivity index (χ4n) is 1.75. The minimum absolute atomic E-state index is 0.134. The van der Waals surface area contributed by atoms with E-state index in [0.29, 0.717) is 0 Å². The molecule has 0 fully saturated rings. The van der Waals surface area contributed by atoms with Crippen molar-refractivity contribution in [1.82, 2.24) is 4.98 Å². The van der Waals surface area contributed by atoms with Gasteiger partial charge in [-0.15, -0.1) is 0 Å². The number of aromatic nitrogens is 1. The number of nitrogens with two attached hydrogens (primary N) is 1. The van der Waals surface area contributed by atoms with Gasteiger partial charge in [-0.3, -0.25) is 0 Å². The minimum Gasteiger partial charge on any atom is -0.370 e. The fourth-order valence-corrected chi connectivity index (χ4v) is 2.27. The summed E-state index contributed by atoms with van der Waals surface area (Å²) < 4.78 is 22.3. The molecule has 0 radical (unpaired) electrons. The van der Waals surface area contributed by atoms with Crippen LogP contribution in [0.1, 0.15) is 11.1 Å². The third-order valence-corrected chi connectivity index (χ3v) is 3.81. The predicted molar refractivity (Wildman–Crippen MR) is 79.0 cm³/mol. The molecule has 2 aromatic rings. The Labute approximate surface area is 118 Å². The molecule has 0 unspecified atom stereocenters. The third-order valence-electron chi connectivity index (χ3n) is 2.88. The number of hydrogen-bond donors (Lipinski definition) is 2. The van der Waals surface area contributed by atoms with Crippen molar-refractivity contribution in [1.29, 1.82) is 0 Å². The molecule has 2 rings (SSSR count). The van der Waals surface area contributed by atoms with Crippen molar-refractivity contribution < 1.29 is 8.42 Å².